The quantitative estimate of drug-likeness (QED) is 0.482. The number of esters is 2. The molecule has 1 heterocycles. The van der Waals surface area contributed by atoms with Crippen LogP contribution in [0.5, 0.6) is 0 Å². The van der Waals surface area contributed by atoms with E-state index in [4.69, 9.17) is 0 Å². The second-order valence-electron chi connectivity index (χ2n) is 3.52. The monoisotopic (exact) mass is 208 g/mol. The third-order valence-corrected chi connectivity index (χ3v) is 2.41. The second kappa shape index (κ2) is 3.46. The maximum Gasteiger partial charge on any atom is 0.346 e. The Bertz CT molecular complexity index is 451. The van der Waals surface area contributed by atoms with Crippen molar-refractivity contribution < 1.29 is 18.7 Å². The van der Waals surface area contributed by atoms with Gasteiger partial charge in [0, 0.05) is 0 Å². The number of rotatable bonds is 0. The van der Waals surface area contributed by atoms with Crippen LogP contribution in [0.4, 0.5) is 4.39 Å². The van der Waals surface area contributed by atoms with Crippen molar-refractivity contribution >= 4 is 11.9 Å². The summed E-state index contributed by atoms with van der Waals surface area (Å²) in [5.41, 5.74) is 1.30. The van der Waals surface area contributed by atoms with Gasteiger partial charge in [-0.05, 0) is 30.5 Å². The molecule has 2 rings (SSSR count). The molecule has 0 aromatic heterocycles. The van der Waals surface area contributed by atoms with Gasteiger partial charge in [0.15, 0.2) is 0 Å². The van der Waals surface area contributed by atoms with Crippen molar-refractivity contribution in [2.24, 2.45) is 0 Å². The molecule has 1 aliphatic heterocycles. The third-order valence-electron chi connectivity index (χ3n) is 2.41. The lowest BCUT2D eigenvalue weighted by Gasteiger charge is -2.04. The molecule has 0 unspecified atom stereocenters. The molecule has 1 aromatic carbocycles. The van der Waals surface area contributed by atoms with E-state index in [1.165, 1.54) is 0 Å². The van der Waals surface area contributed by atoms with E-state index >= 15 is 0 Å². The average Bonchev–Trinajstić information content (AvgIpc) is 2.30. The zero-order valence-corrected chi connectivity index (χ0v) is 8.17. The minimum atomic E-state index is -0.758. The molecule has 0 bridgehead atoms. The van der Waals surface area contributed by atoms with Crippen molar-refractivity contribution in [3.8, 4) is 0 Å². The van der Waals surface area contributed by atoms with Gasteiger partial charge in [-0.15, -0.1) is 0 Å². The van der Waals surface area contributed by atoms with Gasteiger partial charge in [0.1, 0.15) is 5.82 Å². The zero-order valence-electron chi connectivity index (χ0n) is 8.17. The van der Waals surface area contributed by atoms with Crippen molar-refractivity contribution in [1.29, 1.82) is 0 Å². The standard InChI is InChI=1S/C11H9FO3/c1-6-4-7-2-3-10(13)15-11(14)8(7)5-9(6)12/h4-5H,2-3H2,1H3. The fraction of sp³-hybridized carbons (Fsp3) is 0.273. The van der Waals surface area contributed by atoms with Gasteiger partial charge in [0.2, 0.25) is 0 Å². The van der Waals surface area contributed by atoms with Gasteiger partial charge in [0.25, 0.3) is 0 Å². The zero-order chi connectivity index (χ0) is 11.0. The lowest BCUT2D eigenvalue weighted by atomic mass is 10.0. The summed E-state index contributed by atoms with van der Waals surface area (Å²) in [6, 6.07) is 2.72. The van der Waals surface area contributed by atoms with Crippen LogP contribution in [-0.2, 0) is 16.0 Å². The van der Waals surface area contributed by atoms with E-state index in [0.29, 0.717) is 17.5 Å². The third kappa shape index (κ3) is 1.75. The van der Waals surface area contributed by atoms with Gasteiger partial charge in [-0.3, -0.25) is 4.79 Å². The largest absolute Gasteiger partial charge is 0.389 e. The molecular weight excluding hydrogens is 199 g/mol. The van der Waals surface area contributed by atoms with Gasteiger partial charge >= 0.3 is 11.9 Å². The predicted octanol–water partition coefficient (Wildman–Crippen LogP) is 1.76. The number of carbonyl (C=O) groups is 2. The average molecular weight is 208 g/mol. The summed E-state index contributed by atoms with van der Waals surface area (Å²) >= 11 is 0. The Morgan fingerprint density at radius 1 is 1.27 bits per heavy atom. The first-order valence-corrected chi connectivity index (χ1v) is 4.62. The molecule has 0 amide bonds. The maximum atomic E-state index is 13.2. The maximum absolute atomic E-state index is 13.2. The fourth-order valence-electron chi connectivity index (χ4n) is 1.58. The second-order valence-corrected chi connectivity index (χ2v) is 3.52. The Labute approximate surface area is 85.9 Å². The molecule has 4 heteroatoms. The summed E-state index contributed by atoms with van der Waals surface area (Å²) in [4.78, 5) is 22.4. The van der Waals surface area contributed by atoms with Crippen LogP contribution in [0, 0.1) is 12.7 Å². The molecule has 1 aliphatic rings. The normalized spacial score (nSPS) is 15.6. The number of hydrogen-bond acceptors (Lipinski definition) is 3. The highest BCUT2D eigenvalue weighted by molar-refractivity contribution is 5.99. The summed E-state index contributed by atoms with van der Waals surface area (Å²) in [5, 5.41) is 0. The molecule has 0 spiro atoms. The van der Waals surface area contributed by atoms with E-state index in [9.17, 15) is 14.0 Å². The number of hydrogen-bond donors (Lipinski definition) is 0. The summed E-state index contributed by atoms with van der Waals surface area (Å²) < 4.78 is 17.7. The summed E-state index contributed by atoms with van der Waals surface area (Å²) in [7, 11) is 0. The van der Waals surface area contributed by atoms with Gasteiger partial charge in [0.05, 0.1) is 12.0 Å². The van der Waals surface area contributed by atoms with Crippen LogP contribution in [0.2, 0.25) is 0 Å². The molecule has 0 fully saturated rings. The van der Waals surface area contributed by atoms with Crippen molar-refractivity contribution in [1.82, 2.24) is 0 Å². The molecule has 1 aromatic rings. The Hall–Kier alpha value is -1.71. The lowest BCUT2D eigenvalue weighted by molar-refractivity contribution is -0.137. The molecular formula is C11H9FO3. The molecule has 15 heavy (non-hydrogen) atoms. The summed E-state index contributed by atoms with van der Waals surface area (Å²) in [5.74, 6) is -1.78. The van der Waals surface area contributed by atoms with Crippen molar-refractivity contribution in [2.75, 3.05) is 0 Å². The number of cyclic esters (lactones) is 2. The Morgan fingerprint density at radius 3 is 2.73 bits per heavy atom. The summed E-state index contributed by atoms with van der Waals surface area (Å²) in [6.07, 6.45) is 0.574. The molecule has 0 N–H and O–H groups in total. The predicted molar refractivity (Wildman–Crippen MR) is 49.9 cm³/mol. The van der Waals surface area contributed by atoms with E-state index < -0.39 is 17.8 Å². The first kappa shape index (κ1) is 9.83. The van der Waals surface area contributed by atoms with E-state index in [-0.39, 0.29) is 12.0 Å². The SMILES string of the molecule is Cc1cc2c(cc1F)C(=O)OC(=O)CC2. The minimum Gasteiger partial charge on any atom is -0.389 e. The summed E-state index contributed by atoms with van der Waals surface area (Å²) in [6.45, 7) is 1.62. The highest BCUT2D eigenvalue weighted by atomic mass is 19.1. The molecule has 0 saturated carbocycles. The van der Waals surface area contributed by atoms with E-state index in [0.717, 1.165) is 6.07 Å². The Balaban J connectivity index is 2.54. The Morgan fingerprint density at radius 2 is 2.00 bits per heavy atom. The van der Waals surface area contributed by atoms with Gasteiger partial charge < -0.3 is 4.74 Å². The topological polar surface area (TPSA) is 43.4 Å². The van der Waals surface area contributed by atoms with Crippen molar-refractivity contribution in [3.63, 3.8) is 0 Å². The van der Waals surface area contributed by atoms with Crippen LogP contribution >= 0.6 is 0 Å². The lowest BCUT2D eigenvalue weighted by Crippen LogP contribution is -2.09. The molecule has 78 valence electrons. The number of benzene rings is 1. The van der Waals surface area contributed by atoms with Crippen LogP contribution in [0.25, 0.3) is 0 Å². The molecule has 3 nitrogen and oxygen atoms in total. The van der Waals surface area contributed by atoms with Gasteiger partial charge in [-0.25, -0.2) is 9.18 Å². The molecule has 0 aliphatic carbocycles. The van der Waals surface area contributed by atoms with Crippen molar-refractivity contribution in [2.45, 2.75) is 19.8 Å². The van der Waals surface area contributed by atoms with Crippen molar-refractivity contribution in [3.05, 3.63) is 34.6 Å². The van der Waals surface area contributed by atoms with E-state index in [2.05, 4.69) is 4.74 Å². The number of fused-ring (bicyclic) bond motifs is 1. The highest BCUT2D eigenvalue weighted by Gasteiger charge is 2.22. The number of aryl methyl sites for hydroxylation is 2. The van der Waals surface area contributed by atoms with Crippen LogP contribution < -0.4 is 0 Å². The van der Waals surface area contributed by atoms with E-state index in [1.54, 1.807) is 13.0 Å². The first-order chi connectivity index (χ1) is 7.08. The van der Waals surface area contributed by atoms with Gasteiger partial charge in [-0.2, -0.15) is 0 Å². The fourth-order valence-corrected chi connectivity index (χ4v) is 1.58. The Kier molecular flexibility index (Phi) is 2.26. The van der Waals surface area contributed by atoms with Crippen LogP contribution in [0.15, 0.2) is 12.1 Å². The van der Waals surface area contributed by atoms with Crippen LogP contribution in [-0.4, -0.2) is 11.9 Å². The molecule has 0 radical (unpaired) electrons. The smallest absolute Gasteiger partial charge is 0.346 e. The van der Waals surface area contributed by atoms with Crippen LogP contribution in [0.3, 0.4) is 0 Å². The molecule has 0 saturated heterocycles. The van der Waals surface area contributed by atoms with Crippen LogP contribution in [0.1, 0.15) is 27.9 Å². The molecule has 0 atom stereocenters. The van der Waals surface area contributed by atoms with E-state index in [1.807, 2.05) is 0 Å². The van der Waals surface area contributed by atoms with Gasteiger partial charge in [-0.1, -0.05) is 6.07 Å². The number of carbonyl (C=O) groups excluding carboxylic acids is 2. The minimum absolute atomic E-state index is 0.156. The number of ether oxygens (including phenoxy) is 1. The first-order valence-electron chi connectivity index (χ1n) is 4.62. The number of halogens is 1. The highest BCUT2D eigenvalue weighted by Crippen LogP contribution is 2.21.